The predicted molar refractivity (Wildman–Crippen MR) is 108 cm³/mol. The summed E-state index contributed by atoms with van der Waals surface area (Å²) in [5.74, 6) is 0.939. The summed E-state index contributed by atoms with van der Waals surface area (Å²) < 4.78 is 10.6. The van der Waals surface area contributed by atoms with Crippen LogP contribution in [0.25, 0.3) is 0 Å². The first-order valence-corrected chi connectivity index (χ1v) is 9.36. The Morgan fingerprint density at radius 2 is 1.82 bits per heavy atom. The molecular formula is C22H26N2O4. The summed E-state index contributed by atoms with van der Waals surface area (Å²) in [6.07, 6.45) is 0.946. The van der Waals surface area contributed by atoms with Crippen LogP contribution < -0.4 is 14.8 Å². The molecular weight excluding hydrogens is 356 g/mol. The number of carbonyl (C=O) groups is 2. The number of anilines is 1. The molecule has 0 bridgehead atoms. The van der Waals surface area contributed by atoms with Crippen molar-refractivity contribution >= 4 is 17.5 Å². The minimum absolute atomic E-state index is 0.0181. The second-order valence-electron chi connectivity index (χ2n) is 7.04. The lowest BCUT2D eigenvalue weighted by molar-refractivity contribution is -0.128. The molecule has 2 aromatic rings. The molecule has 2 amide bonds. The number of carbonyl (C=O) groups excluding carboxylic acids is 2. The number of likely N-dealkylation sites (tertiary alicyclic amines) is 1. The first-order valence-electron chi connectivity index (χ1n) is 9.36. The summed E-state index contributed by atoms with van der Waals surface area (Å²) in [7, 11) is 3.20. The molecule has 1 aliphatic heterocycles. The number of benzene rings is 2. The summed E-state index contributed by atoms with van der Waals surface area (Å²) >= 11 is 0. The van der Waals surface area contributed by atoms with E-state index >= 15 is 0 Å². The van der Waals surface area contributed by atoms with Gasteiger partial charge in [0.05, 0.1) is 20.1 Å². The Morgan fingerprint density at radius 1 is 1.11 bits per heavy atom. The zero-order chi connectivity index (χ0) is 20.1. The van der Waals surface area contributed by atoms with Crippen molar-refractivity contribution in [2.45, 2.75) is 19.8 Å². The van der Waals surface area contributed by atoms with Crippen molar-refractivity contribution < 1.29 is 19.1 Å². The number of nitrogens with zero attached hydrogens (tertiary/aromatic N) is 1. The van der Waals surface area contributed by atoms with Crippen LogP contribution in [0.1, 0.15) is 17.5 Å². The maximum atomic E-state index is 12.5. The second kappa shape index (κ2) is 8.78. The largest absolute Gasteiger partial charge is 0.493 e. The standard InChI is InChI=1S/C22H26N2O4/c1-15-4-7-18(8-5-15)23-22(26)17-13-21(25)24(14-17)11-10-16-6-9-19(27-2)20(12-16)28-3/h4-9,12,17H,10-11,13-14H2,1-3H3,(H,23,26)/t17-/m1/s1. The zero-order valence-electron chi connectivity index (χ0n) is 16.5. The van der Waals surface area contributed by atoms with E-state index in [1.165, 1.54) is 0 Å². The van der Waals surface area contributed by atoms with Crippen LogP contribution >= 0.6 is 0 Å². The third-order valence-corrected chi connectivity index (χ3v) is 5.02. The SMILES string of the molecule is COc1ccc(CCN2C[C@H](C(=O)Nc3ccc(C)cc3)CC2=O)cc1OC. The number of rotatable bonds is 7. The van der Waals surface area contributed by atoms with Crippen LogP contribution in [0.3, 0.4) is 0 Å². The molecule has 1 heterocycles. The first-order chi connectivity index (χ1) is 13.5. The van der Waals surface area contributed by atoms with Crippen LogP contribution in [0, 0.1) is 12.8 Å². The molecule has 2 aromatic carbocycles. The Balaban J connectivity index is 1.55. The molecule has 1 saturated heterocycles. The topological polar surface area (TPSA) is 67.9 Å². The number of nitrogens with one attached hydrogen (secondary N) is 1. The molecule has 1 fully saturated rings. The Labute approximate surface area is 165 Å². The van der Waals surface area contributed by atoms with Crippen LogP contribution in [-0.4, -0.2) is 44.0 Å². The van der Waals surface area contributed by atoms with E-state index in [0.29, 0.717) is 31.0 Å². The van der Waals surface area contributed by atoms with Gasteiger partial charge in [-0.1, -0.05) is 23.8 Å². The number of hydrogen-bond acceptors (Lipinski definition) is 4. The van der Waals surface area contributed by atoms with Gasteiger partial charge >= 0.3 is 0 Å². The van der Waals surface area contributed by atoms with Crippen LogP contribution in [-0.2, 0) is 16.0 Å². The van der Waals surface area contributed by atoms with E-state index in [1.54, 1.807) is 19.1 Å². The highest BCUT2D eigenvalue weighted by Gasteiger charge is 2.34. The number of aryl methyl sites for hydroxylation is 1. The minimum Gasteiger partial charge on any atom is -0.493 e. The molecule has 0 radical (unpaired) electrons. The summed E-state index contributed by atoms with van der Waals surface area (Å²) in [5.41, 5.74) is 2.94. The Bertz CT molecular complexity index is 848. The fourth-order valence-corrected chi connectivity index (χ4v) is 3.35. The van der Waals surface area contributed by atoms with Crippen molar-refractivity contribution in [2.75, 3.05) is 32.6 Å². The number of ether oxygens (including phenoxy) is 2. The lowest BCUT2D eigenvalue weighted by Crippen LogP contribution is -2.30. The fraction of sp³-hybridized carbons (Fsp3) is 0.364. The van der Waals surface area contributed by atoms with Crippen molar-refractivity contribution in [3.63, 3.8) is 0 Å². The van der Waals surface area contributed by atoms with Gasteiger partial charge in [-0.25, -0.2) is 0 Å². The predicted octanol–water partition coefficient (Wildman–Crippen LogP) is 3.04. The van der Waals surface area contributed by atoms with Gasteiger partial charge in [0.1, 0.15) is 0 Å². The molecule has 0 aromatic heterocycles. The number of amides is 2. The fourth-order valence-electron chi connectivity index (χ4n) is 3.35. The van der Waals surface area contributed by atoms with Gasteiger partial charge in [0.15, 0.2) is 11.5 Å². The minimum atomic E-state index is -0.320. The number of hydrogen-bond donors (Lipinski definition) is 1. The van der Waals surface area contributed by atoms with Crippen molar-refractivity contribution in [1.29, 1.82) is 0 Å². The zero-order valence-corrected chi connectivity index (χ0v) is 16.5. The monoisotopic (exact) mass is 382 g/mol. The third-order valence-electron chi connectivity index (χ3n) is 5.02. The lowest BCUT2D eigenvalue weighted by atomic mass is 10.1. The van der Waals surface area contributed by atoms with Gasteiger partial charge in [-0.3, -0.25) is 9.59 Å². The van der Waals surface area contributed by atoms with E-state index in [9.17, 15) is 9.59 Å². The normalized spacial score (nSPS) is 16.2. The van der Waals surface area contributed by atoms with Gasteiger partial charge in [0.2, 0.25) is 11.8 Å². The van der Waals surface area contributed by atoms with Crippen molar-refractivity contribution in [2.24, 2.45) is 5.92 Å². The highest BCUT2D eigenvalue weighted by molar-refractivity contribution is 5.97. The van der Waals surface area contributed by atoms with E-state index in [1.807, 2.05) is 49.4 Å². The van der Waals surface area contributed by atoms with Crippen LogP contribution in [0.2, 0.25) is 0 Å². The molecule has 3 rings (SSSR count). The van der Waals surface area contributed by atoms with E-state index in [-0.39, 0.29) is 24.2 Å². The molecule has 1 aliphatic rings. The van der Waals surface area contributed by atoms with Crippen molar-refractivity contribution in [3.8, 4) is 11.5 Å². The molecule has 1 N–H and O–H groups in total. The molecule has 6 heteroatoms. The van der Waals surface area contributed by atoms with Gasteiger partial charge in [-0.05, 0) is 43.2 Å². The molecule has 0 saturated carbocycles. The van der Waals surface area contributed by atoms with Gasteiger partial charge in [0.25, 0.3) is 0 Å². The maximum absolute atomic E-state index is 12.5. The molecule has 6 nitrogen and oxygen atoms in total. The Morgan fingerprint density at radius 3 is 2.50 bits per heavy atom. The average molecular weight is 382 g/mol. The highest BCUT2D eigenvalue weighted by atomic mass is 16.5. The van der Waals surface area contributed by atoms with Crippen molar-refractivity contribution in [1.82, 2.24) is 4.90 Å². The van der Waals surface area contributed by atoms with Crippen LogP contribution in [0.4, 0.5) is 5.69 Å². The van der Waals surface area contributed by atoms with Crippen LogP contribution in [0.15, 0.2) is 42.5 Å². The van der Waals surface area contributed by atoms with Gasteiger partial charge in [-0.2, -0.15) is 0 Å². The van der Waals surface area contributed by atoms with E-state index in [0.717, 1.165) is 16.8 Å². The van der Waals surface area contributed by atoms with E-state index in [2.05, 4.69) is 5.32 Å². The second-order valence-corrected chi connectivity index (χ2v) is 7.04. The summed E-state index contributed by atoms with van der Waals surface area (Å²) in [6.45, 7) is 3.02. The Kier molecular flexibility index (Phi) is 6.19. The summed E-state index contributed by atoms with van der Waals surface area (Å²) in [5, 5.41) is 2.91. The third kappa shape index (κ3) is 4.63. The average Bonchev–Trinajstić information content (AvgIpc) is 3.08. The van der Waals surface area contributed by atoms with Crippen LogP contribution in [0.5, 0.6) is 11.5 Å². The summed E-state index contributed by atoms with van der Waals surface area (Å²) in [4.78, 5) is 26.6. The first kappa shape index (κ1) is 19.7. The number of methoxy groups -OCH3 is 2. The quantitative estimate of drug-likeness (QED) is 0.799. The molecule has 28 heavy (non-hydrogen) atoms. The van der Waals surface area contributed by atoms with E-state index < -0.39 is 0 Å². The maximum Gasteiger partial charge on any atom is 0.229 e. The van der Waals surface area contributed by atoms with Crippen molar-refractivity contribution in [3.05, 3.63) is 53.6 Å². The molecule has 148 valence electrons. The van der Waals surface area contributed by atoms with Gasteiger partial charge in [0, 0.05) is 25.2 Å². The molecule has 0 unspecified atom stereocenters. The lowest BCUT2D eigenvalue weighted by Gasteiger charge is -2.17. The van der Waals surface area contributed by atoms with Gasteiger partial charge in [-0.15, -0.1) is 0 Å². The Hall–Kier alpha value is -3.02. The van der Waals surface area contributed by atoms with E-state index in [4.69, 9.17) is 9.47 Å². The molecule has 1 atom stereocenters. The summed E-state index contributed by atoms with van der Waals surface area (Å²) in [6, 6.07) is 13.4. The smallest absolute Gasteiger partial charge is 0.229 e. The highest BCUT2D eigenvalue weighted by Crippen LogP contribution is 2.28. The van der Waals surface area contributed by atoms with Gasteiger partial charge < -0.3 is 19.7 Å². The molecule has 0 spiro atoms. The molecule has 0 aliphatic carbocycles.